The molecule has 6 aliphatic rings. The fourth-order valence-corrected chi connectivity index (χ4v) is 13.6. The van der Waals surface area contributed by atoms with Gasteiger partial charge in [0.1, 0.15) is 10.0 Å². The third-order valence-corrected chi connectivity index (χ3v) is 16.0. The number of Topliss-reactive ketones (excluding diaryl/α,β-unsaturated/α-hetero) is 4. The predicted octanol–water partition coefficient (Wildman–Crippen LogP) is 10.00. The SMILES string of the molecule is Cc1cc2c(cc(C)c3cc(N=C4C(=O)C5CC6CCCCC6CC5C4=O)sc32)c2sc(N=C3C(=O)C4CC5CCCCC5CC4C3=O)cc12. The molecule has 50 heavy (non-hydrogen) atoms. The van der Waals surface area contributed by atoms with Crippen LogP contribution in [0.5, 0.6) is 0 Å². The molecule has 8 atom stereocenters. The molecule has 6 fully saturated rings. The van der Waals surface area contributed by atoms with E-state index < -0.39 is 0 Å². The van der Waals surface area contributed by atoms with Gasteiger partial charge in [-0.3, -0.25) is 19.2 Å². The molecular weight excluding hydrogens is 661 g/mol. The summed E-state index contributed by atoms with van der Waals surface area (Å²) in [4.78, 5) is 64.1. The number of benzene rings is 2. The monoisotopic (exact) mass is 702 g/mol. The summed E-state index contributed by atoms with van der Waals surface area (Å²) in [6.07, 6.45) is 13.1. The lowest BCUT2D eigenvalue weighted by atomic mass is 9.64. The highest BCUT2D eigenvalue weighted by atomic mass is 32.1. The molecule has 0 radical (unpaired) electrons. The molecule has 2 aromatic heterocycles. The molecule has 0 amide bonds. The number of fused-ring (bicyclic) bond motifs is 9. The lowest BCUT2D eigenvalue weighted by Crippen LogP contribution is -2.35. The van der Waals surface area contributed by atoms with Gasteiger partial charge in [0.2, 0.25) is 0 Å². The molecule has 0 saturated heterocycles. The lowest BCUT2D eigenvalue weighted by Gasteiger charge is -2.39. The van der Waals surface area contributed by atoms with Crippen LogP contribution in [0, 0.1) is 61.2 Å². The Morgan fingerprint density at radius 2 is 0.800 bits per heavy atom. The molecule has 256 valence electrons. The second-order valence-corrected chi connectivity index (χ2v) is 18.6. The van der Waals surface area contributed by atoms with Gasteiger partial charge in [0, 0.05) is 43.8 Å². The Hall–Kier alpha value is -3.36. The first-order chi connectivity index (χ1) is 24.2. The first-order valence-corrected chi connectivity index (χ1v) is 20.6. The molecule has 2 aromatic carbocycles. The van der Waals surface area contributed by atoms with Crippen LogP contribution in [0.25, 0.3) is 30.9 Å². The minimum atomic E-state index is -0.187. The maximum absolute atomic E-state index is 13.6. The summed E-state index contributed by atoms with van der Waals surface area (Å²) in [5.41, 5.74) is 2.55. The number of carbonyl (C=O) groups excluding carboxylic acids is 4. The highest BCUT2D eigenvalue weighted by molar-refractivity contribution is 7.25. The first kappa shape index (κ1) is 31.4. The van der Waals surface area contributed by atoms with Crippen molar-refractivity contribution in [3.63, 3.8) is 0 Å². The molecule has 8 unspecified atom stereocenters. The largest absolute Gasteiger partial charge is 0.292 e. The molecule has 6 nitrogen and oxygen atoms in total. The van der Waals surface area contributed by atoms with Gasteiger partial charge in [-0.15, -0.1) is 22.7 Å². The smallest absolute Gasteiger partial charge is 0.188 e. The molecule has 10 rings (SSSR count). The van der Waals surface area contributed by atoms with Gasteiger partial charge in [-0.2, -0.15) is 0 Å². The van der Waals surface area contributed by atoms with Gasteiger partial charge in [-0.25, -0.2) is 9.98 Å². The number of aryl methyl sites for hydroxylation is 2. The third kappa shape index (κ3) is 4.69. The number of hydrogen-bond donors (Lipinski definition) is 0. The molecule has 0 N–H and O–H groups in total. The normalized spacial score (nSPS) is 32.5. The second kappa shape index (κ2) is 11.6. The number of carbonyl (C=O) groups is 4. The van der Waals surface area contributed by atoms with Gasteiger partial charge in [0.05, 0.1) is 0 Å². The number of aliphatic imine (C=N–C) groups is 2. The summed E-state index contributed by atoms with van der Waals surface area (Å²) in [6.45, 7) is 4.20. The van der Waals surface area contributed by atoms with E-state index in [-0.39, 0.29) is 58.2 Å². The maximum atomic E-state index is 13.6. The molecule has 0 spiro atoms. The van der Waals surface area contributed by atoms with Gasteiger partial charge < -0.3 is 0 Å². The van der Waals surface area contributed by atoms with Crippen molar-refractivity contribution in [3.05, 3.63) is 35.4 Å². The number of ketones is 4. The Bertz CT molecular complexity index is 2030. The molecule has 6 aliphatic carbocycles. The predicted molar refractivity (Wildman–Crippen MR) is 202 cm³/mol. The van der Waals surface area contributed by atoms with Crippen LogP contribution in [0.4, 0.5) is 10.0 Å². The number of thiophene rings is 2. The summed E-state index contributed by atoms with van der Waals surface area (Å²) < 4.78 is 2.19. The second-order valence-electron chi connectivity index (χ2n) is 16.5. The van der Waals surface area contributed by atoms with Crippen molar-refractivity contribution in [1.82, 2.24) is 0 Å². The van der Waals surface area contributed by atoms with Crippen molar-refractivity contribution in [1.29, 1.82) is 0 Å². The Morgan fingerprint density at radius 3 is 1.12 bits per heavy atom. The fraction of sp³-hybridized carbons (Fsp3) is 0.524. The van der Waals surface area contributed by atoms with Crippen molar-refractivity contribution in [2.24, 2.45) is 57.3 Å². The number of hydrogen-bond acceptors (Lipinski definition) is 8. The standard InChI is InChI=1S/C42H42N2O4S2/c1-19-11-31-32(41-25(19)17-33(49-41)43-35-37(45)27-13-21-7-3-4-8-22(21)14-28(27)38(35)46)12-20(2)26-18-34(50-42(26)31)44-36-39(47)29-15-23-9-5-6-10-24(23)16-30(29)40(36)48/h11-12,17-18,21-24,27-30H,3-10,13-16H2,1-2H3. The third-order valence-electron chi connectivity index (χ3n) is 13.8. The quantitative estimate of drug-likeness (QED) is 0.208. The van der Waals surface area contributed by atoms with E-state index in [2.05, 4.69) is 26.0 Å². The Balaban J connectivity index is 1.00. The van der Waals surface area contributed by atoms with E-state index in [9.17, 15) is 19.2 Å². The van der Waals surface area contributed by atoms with Gasteiger partial charge in [-0.1, -0.05) is 51.4 Å². The molecule has 0 bridgehead atoms. The summed E-state index contributed by atoms with van der Waals surface area (Å²) >= 11 is 3.10. The fourth-order valence-electron chi connectivity index (χ4n) is 11.3. The minimum Gasteiger partial charge on any atom is -0.292 e. The van der Waals surface area contributed by atoms with Gasteiger partial charge in [0.15, 0.2) is 34.6 Å². The van der Waals surface area contributed by atoms with Crippen LogP contribution < -0.4 is 0 Å². The molecule has 2 heterocycles. The minimum absolute atomic E-state index is 0.0369. The Morgan fingerprint density at radius 1 is 0.480 bits per heavy atom. The van der Waals surface area contributed by atoms with Crippen molar-refractivity contribution in [2.75, 3.05) is 0 Å². The molecule has 4 aromatic rings. The average molecular weight is 703 g/mol. The molecular formula is C42H42N2O4S2. The highest BCUT2D eigenvalue weighted by Gasteiger charge is 2.53. The van der Waals surface area contributed by atoms with Crippen LogP contribution in [-0.2, 0) is 19.2 Å². The van der Waals surface area contributed by atoms with E-state index in [1.54, 1.807) is 22.7 Å². The van der Waals surface area contributed by atoms with Crippen LogP contribution in [-0.4, -0.2) is 34.6 Å². The van der Waals surface area contributed by atoms with Gasteiger partial charge in [0.25, 0.3) is 0 Å². The van der Waals surface area contributed by atoms with Crippen LogP contribution in [0.1, 0.15) is 88.2 Å². The average Bonchev–Trinajstić information content (AvgIpc) is 3.86. The van der Waals surface area contributed by atoms with Crippen LogP contribution >= 0.6 is 22.7 Å². The lowest BCUT2D eigenvalue weighted by molar-refractivity contribution is -0.123. The van der Waals surface area contributed by atoms with E-state index in [1.165, 1.54) is 51.4 Å². The summed E-state index contributed by atoms with van der Waals surface area (Å²) in [6, 6.07) is 8.51. The summed E-state index contributed by atoms with van der Waals surface area (Å²) in [5.74, 6) is 1.42. The van der Waals surface area contributed by atoms with E-state index in [1.807, 2.05) is 12.1 Å². The topological polar surface area (TPSA) is 93.0 Å². The molecule has 6 saturated carbocycles. The van der Waals surface area contributed by atoms with Crippen molar-refractivity contribution in [2.45, 2.75) is 90.9 Å². The van der Waals surface area contributed by atoms with Crippen molar-refractivity contribution < 1.29 is 19.2 Å². The van der Waals surface area contributed by atoms with Gasteiger partial charge in [-0.05, 0) is 109 Å². The van der Waals surface area contributed by atoms with Crippen LogP contribution in [0.15, 0.2) is 34.3 Å². The molecule has 8 heteroatoms. The molecule has 0 aliphatic heterocycles. The van der Waals surface area contributed by atoms with Crippen LogP contribution in [0.3, 0.4) is 0 Å². The van der Waals surface area contributed by atoms with E-state index in [0.29, 0.717) is 33.7 Å². The number of nitrogens with zero attached hydrogens (tertiary/aromatic N) is 2. The van der Waals surface area contributed by atoms with Gasteiger partial charge >= 0.3 is 0 Å². The zero-order valence-corrected chi connectivity index (χ0v) is 30.4. The Labute approximate surface area is 299 Å². The summed E-state index contributed by atoms with van der Waals surface area (Å²) in [7, 11) is 0. The first-order valence-electron chi connectivity index (χ1n) is 19.0. The van der Waals surface area contributed by atoms with E-state index in [4.69, 9.17) is 9.98 Å². The maximum Gasteiger partial charge on any atom is 0.188 e. The van der Waals surface area contributed by atoms with Crippen LogP contribution in [0.2, 0.25) is 0 Å². The van der Waals surface area contributed by atoms with Crippen molar-refractivity contribution >= 4 is 98.2 Å². The van der Waals surface area contributed by atoms with E-state index in [0.717, 1.165) is 67.8 Å². The number of rotatable bonds is 2. The highest BCUT2D eigenvalue weighted by Crippen LogP contribution is 2.51. The van der Waals surface area contributed by atoms with Crippen molar-refractivity contribution in [3.8, 4) is 0 Å². The zero-order chi connectivity index (χ0) is 34.0. The zero-order valence-electron chi connectivity index (χ0n) is 28.8. The van der Waals surface area contributed by atoms with E-state index >= 15 is 0 Å². The Kier molecular flexibility index (Phi) is 7.27. The summed E-state index contributed by atoms with van der Waals surface area (Å²) in [5, 5.41) is 5.81.